The number of phosphoric acid groups is 2. The number of hydrogen-bond donors (Lipinski definition) is 2. The lowest BCUT2D eigenvalue weighted by Gasteiger charge is -2.33. The summed E-state index contributed by atoms with van der Waals surface area (Å²) in [5, 5.41) is 0. The van der Waals surface area contributed by atoms with Crippen LogP contribution in [0.2, 0.25) is 0 Å². The van der Waals surface area contributed by atoms with Gasteiger partial charge in [-0.1, -0.05) is 38.2 Å². The van der Waals surface area contributed by atoms with Crippen LogP contribution < -0.4 is 0 Å². The lowest BCUT2D eigenvalue weighted by molar-refractivity contribution is -0.0455. The van der Waals surface area contributed by atoms with Crippen LogP contribution in [-0.4, -0.2) is 75.9 Å². The van der Waals surface area contributed by atoms with E-state index in [1.165, 1.54) is 0 Å². The molecule has 13 heteroatoms. The third-order valence-corrected chi connectivity index (χ3v) is 7.91. The Morgan fingerprint density at radius 2 is 0.865 bits per heavy atom. The highest BCUT2D eigenvalue weighted by Crippen LogP contribution is 2.61. The molecule has 0 heterocycles. The second-order valence-corrected chi connectivity index (χ2v) is 11.5. The first-order valence-corrected chi connectivity index (χ1v) is 14.9. The molecule has 11 nitrogen and oxygen atoms in total. The quantitative estimate of drug-likeness (QED) is 0.0839. The first-order chi connectivity index (χ1) is 17.5. The Balaban J connectivity index is 5.34. The van der Waals surface area contributed by atoms with Gasteiger partial charge in [0, 0.05) is 10.8 Å². The standard InChI is InChI=1S/C24H44O11P2/c1-7-13-29-17-23(11-5,18-30-14-8-2)21-33-36(25,26)35-37(27,28)34-22-24(12-6,19-31-15-9-3)20-32-16-10-4/h7-10H,1-4,11-22H2,5-6H3,(H,25,26)(H,27,28). The molecule has 0 radical (unpaired) electrons. The van der Waals surface area contributed by atoms with Gasteiger partial charge in [0.2, 0.25) is 0 Å². The minimum Gasteiger partial charge on any atom is -0.377 e. The molecule has 0 saturated carbocycles. The van der Waals surface area contributed by atoms with Crippen molar-refractivity contribution < 1.29 is 51.2 Å². The van der Waals surface area contributed by atoms with Crippen molar-refractivity contribution in [2.45, 2.75) is 26.7 Å². The summed E-state index contributed by atoms with van der Waals surface area (Å²) in [5.41, 5.74) is -1.67. The van der Waals surface area contributed by atoms with Crippen LogP contribution in [0, 0.1) is 10.8 Å². The fourth-order valence-electron chi connectivity index (χ4n) is 2.91. The first kappa shape index (κ1) is 36.1. The maximum atomic E-state index is 12.6. The molecule has 0 fully saturated rings. The fraction of sp³-hybridized carbons (Fsp3) is 0.667. The molecular weight excluding hydrogens is 526 g/mol. The van der Waals surface area contributed by atoms with Crippen molar-refractivity contribution in [1.29, 1.82) is 0 Å². The van der Waals surface area contributed by atoms with Crippen molar-refractivity contribution in [2.24, 2.45) is 10.8 Å². The van der Waals surface area contributed by atoms with Crippen LogP contribution in [0.15, 0.2) is 50.6 Å². The average Bonchev–Trinajstić information content (AvgIpc) is 2.85. The Hall–Kier alpha value is -0.940. The van der Waals surface area contributed by atoms with Gasteiger partial charge in [-0.3, -0.25) is 9.05 Å². The first-order valence-electron chi connectivity index (χ1n) is 11.9. The van der Waals surface area contributed by atoms with E-state index in [9.17, 15) is 18.9 Å². The summed E-state index contributed by atoms with van der Waals surface area (Å²) in [7, 11) is -10.0. The fourth-order valence-corrected chi connectivity index (χ4v) is 5.21. The molecule has 0 aliphatic carbocycles. The zero-order valence-electron chi connectivity index (χ0n) is 22.1. The highest BCUT2D eigenvalue weighted by molar-refractivity contribution is 7.61. The van der Waals surface area contributed by atoms with E-state index < -0.39 is 26.5 Å². The summed E-state index contributed by atoms with van der Waals surface area (Å²) in [6, 6.07) is 0. The van der Waals surface area contributed by atoms with Gasteiger partial charge in [-0.05, 0) is 12.8 Å². The van der Waals surface area contributed by atoms with Gasteiger partial charge in [-0.15, -0.1) is 26.3 Å². The summed E-state index contributed by atoms with van der Waals surface area (Å²) in [4.78, 5) is 20.4. The number of phosphoric ester groups is 2. The van der Waals surface area contributed by atoms with Gasteiger partial charge >= 0.3 is 15.6 Å². The lowest BCUT2D eigenvalue weighted by atomic mass is 9.88. The maximum absolute atomic E-state index is 12.6. The van der Waals surface area contributed by atoms with Crippen molar-refractivity contribution in [3.05, 3.63) is 50.6 Å². The van der Waals surface area contributed by atoms with Crippen molar-refractivity contribution in [3.8, 4) is 0 Å². The third kappa shape index (κ3) is 15.9. The molecule has 216 valence electrons. The number of rotatable bonds is 26. The molecule has 0 amide bonds. The average molecular weight is 571 g/mol. The monoisotopic (exact) mass is 570 g/mol. The van der Waals surface area contributed by atoms with E-state index in [-0.39, 0.29) is 66.1 Å². The van der Waals surface area contributed by atoms with Crippen molar-refractivity contribution in [1.82, 2.24) is 0 Å². The summed E-state index contributed by atoms with van der Waals surface area (Å²) in [6.07, 6.45) is 7.14. The van der Waals surface area contributed by atoms with E-state index in [2.05, 4.69) is 30.6 Å². The third-order valence-electron chi connectivity index (χ3n) is 5.35. The van der Waals surface area contributed by atoms with Gasteiger partial charge < -0.3 is 28.7 Å². The van der Waals surface area contributed by atoms with Crippen LogP contribution in [0.1, 0.15) is 26.7 Å². The second-order valence-electron chi connectivity index (χ2n) is 8.49. The van der Waals surface area contributed by atoms with Gasteiger partial charge in [0.1, 0.15) is 0 Å². The Morgan fingerprint density at radius 3 is 1.08 bits per heavy atom. The van der Waals surface area contributed by atoms with Crippen LogP contribution in [-0.2, 0) is 41.4 Å². The normalized spacial score (nSPS) is 15.5. The minimum atomic E-state index is -5.02. The highest BCUT2D eigenvalue weighted by Gasteiger charge is 2.41. The molecular formula is C24H44O11P2. The summed E-state index contributed by atoms with van der Waals surface area (Å²) in [6.45, 7) is 18.8. The smallest absolute Gasteiger partial charge is 0.377 e. The maximum Gasteiger partial charge on any atom is 0.481 e. The zero-order valence-corrected chi connectivity index (χ0v) is 23.9. The summed E-state index contributed by atoms with van der Waals surface area (Å²) >= 11 is 0. The van der Waals surface area contributed by atoms with Crippen LogP contribution >= 0.6 is 15.6 Å². The van der Waals surface area contributed by atoms with Crippen molar-refractivity contribution >= 4 is 15.6 Å². The molecule has 2 unspecified atom stereocenters. The van der Waals surface area contributed by atoms with E-state index in [1.54, 1.807) is 24.3 Å². The van der Waals surface area contributed by atoms with Crippen LogP contribution in [0.3, 0.4) is 0 Å². The Morgan fingerprint density at radius 1 is 0.595 bits per heavy atom. The Labute approximate surface area is 221 Å². The SMILES string of the molecule is C=CCOCC(CC)(COCC=C)COP(=O)(O)OP(=O)(O)OCC(CC)(COCC=C)COCC=C. The molecule has 0 bridgehead atoms. The van der Waals surface area contributed by atoms with Crippen molar-refractivity contribution in [2.75, 3.05) is 66.1 Å². The molecule has 0 aromatic rings. The summed E-state index contributed by atoms with van der Waals surface area (Å²) < 4.78 is 62.0. The van der Waals surface area contributed by atoms with E-state index in [4.69, 9.17) is 28.0 Å². The molecule has 2 atom stereocenters. The molecule has 0 aliphatic rings. The molecule has 2 N–H and O–H groups in total. The molecule has 0 aromatic carbocycles. The molecule has 0 saturated heterocycles. The second kappa shape index (κ2) is 19.2. The highest BCUT2D eigenvalue weighted by atomic mass is 31.3. The Bertz CT molecular complexity index is 682. The van der Waals surface area contributed by atoms with Gasteiger partial charge in [0.05, 0.1) is 66.1 Å². The predicted octanol–water partition coefficient (Wildman–Crippen LogP) is 4.84. The van der Waals surface area contributed by atoms with Crippen molar-refractivity contribution in [3.63, 3.8) is 0 Å². The van der Waals surface area contributed by atoms with E-state index in [0.717, 1.165) is 0 Å². The predicted molar refractivity (Wildman–Crippen MR) is 142 cm³/mol. The molecule has 0 aromatic heterocycles. The Kier molecular flexibility index (Phi) is 18.7. The van der Waals surface area contributed by atoms with Crippen LogP contribution in [0.5, 0.6) is 0 Å². The van der Waals surface area contributed by atoms with Gasteiger partial charge in [-0.2, -0.15) is 4.31 Å². The minimum absolute atomic E-state index is 0.119. The molecule has 0 spiro atoms. The zero-order chi connectivity index (χ0) is 28.3. The number of ether oxygens (including phenoxy) is 4. The molecule has 0 rings (SSSR count). The summed E-state index contributed by atoms with van der Waals surface area (Å²) in [5.74, 6) is 0. The van der Waals surface area contributed by atoms with Gasteiger partial charge in [-0.25, -0.2) is 9.13 Å². The van der Waals surface area contributed by atoms with Gasteiger partial charge in [0.15, 0.2) is 0 Å². The van der Waals surface area contributed by atoms with E-state index in [1.807, 2.05) is 13.8 Å². The lowest BCUT2D eigenvalue weighted by Crippen LogP contribution is -2.37. The van der Waals surface area contributed by atoms with E-state index in [0.29, 0.717) is 12.8 Å². The van der Waals surface area contributed by atoms with Crippen LogP contribution in [0.25, 0.3) is 0 Å². The van der Waals surface area contributed by atoms with Gasteiger partial charge in [0.25, 0.3) is 0 Å². The van der Waals surface area contributed by atoms with Crippen LogP contribution in [0.4, 0.5) is 0 Å². The largest absolute Gasteiger partial charge is 0.481 e. The van der Waals surface area contributed by atoms with E-state index >= 15 is 0 Å². The number of hydrogen-bond acceptors (Lipinski definition) is 9. The molecule has 0 aliphatic heterocycles. The molecule has 37 heavy (non-hydrogen) atoms. The topological polar surface area (TPSA) is 139 Å².